The van der Waals surface area contributed by atoms with Crippen LogP contribution in [0.15, 0.2) is 36.5 Å². The first kappa shape index (κ1) is 13.1. The number of hydrogen-bond acceptors (Lipinski definition) is 3. The summed E-state index contributed by atoms with van der Waals surface area (Å²) in [6.45, 7) is 0.708. The van der Waals surface area contributed by atoms with Gasteiger partial charge in [0.05, 0.1) is 15.7 Å². The lowest BCUT2D eigenvalue weighted by Gasteiger charge is -2.11. The molecule has 0 saturated heterocycles. The molecule has 0 fully saturated rings. The normalized spacial score (nSPS) is 10.4. The minimum atomic E-state index is 0.337. The fourth-order valence-electron chi connectivity index (χ4n) is 1.56. The van der Waals surface area contributed by atoms with Gasteiger partial charge in [-0.25, -0.2) is 0 Å². The van der Waals surface area contributed by atoms with E-state index in [1.165, 1.54) is 0 Å². The third-order valence-corrected chi connectivity index (χ3v) is 3.06. The molecule has 0 unspecified atom stereocenters. The molecule has 0 amide bonds. The number of aromatic nitrogens is 1. The molecule has 2 rings (SSSR count). The molecule has 3 nitrogen and oxygen atoms in total. The molecule has 94 valence electrons. The van der Waals surface area contributed by atoms with Gasteiger partial charge in [0.25, 0.3) is 0 Å². The maximum Gasteiger partial charge on any atom is 0.156 e. The maximum atomic E-state index is 6.02. The summed E-state index contributed by atoms with van der Waals surface area (Å²) < 4.78 is 5.64. The van der Waals surface area contributed by atoms with Crippen molar-refractivity contribution in [3.8, 4) is 5.75 Å². The number of ether oxygens (including phenoxy) is 1. The van der Waals surface area contributed by atoms with Crippen molar-refractivity contribution in [1.29, 1.82) is 0 Å². The van der Waals surface area contributed by atoms with E-state index in [0.717, 1.165) is 11.3 Å². The lowest BCUT2D eigenvalue weighted by atomic mass is 10.2. The van der Waals surface area contributed by atoms with Gasteiger partial charge >= 0.3 is 0 Å². The number of rotatable bonds is 4. The van der Waals surface area contributed by atoms with Crippen LogP contribution >= 0.6 is 23.2 Å². The van der Waals surface area contributed by atoms with Crippen molar-refractivity contribution >= 4 is 23.2 Å². The SMILES string of the molecule is NCc1ncccc1COc1c(Cl)cccc1Cl. The monoisotopic (exact) mass is 282 g/mol. The molecule has 0 saturated carbocycles. The largest absolute Gasteiger partial charge is 0.486 e. The molecule has 0 radical (unpaired) electrons. The van der Waals surface area contributed by atoms with E-state index in [0.29, 0.717) is 28.9 Å². The van der Waals surface area contributed by atoms with Crippen LogP contribution in [0.4, 0.5) is 0 Å². The second kappa shape index (κ2) is 6.05. The molecule has 5 heteroatoms. The Balaban J connectivity index is 2.16. The van der Waals surface area contributed by atoms with Crippen molar-refractivity contribution in [2.45, 2.75) is 13.2 Å². The Morgan fingerprint density at radius 1 is 1.11 bits per heavy atom. The minimum Gasteiger partial charge on any atom is -0.486 e. The first-order chi connectivity index (χ1) is 8.72. The highest BCUT2D eigenvalue weighted by Crippen LogP contribution is 2.32. The van der Waals surface area contributed by atoms with Crippen LogP contribution in [0.1, 0.15) is 11.3 Å². The average molecular weight is 283 g/mol. The Kier molecular flexibility index (Phi) is 4.42. The predicted molar refractivity (Wildman–Crippen MR) is 72.9 cm³/mol. The van der Waals surface area contributed by atoms with Gasteiger partial charge in [-0.05, 0) is 18.2 Å². The maximum absolute atomic E-state index is 6.02. The molecule has 0 aliphatic heterocycles. The van der Waals surface area contributed by atoms with Crippen LogP contribution in [0.5, 0.6) is 5.75 Å². The molecule has 2 aromatic rings. The van der Waals surface area contributed by atoms with Gasteiger partial charge < -0.3 is 10.5 Å². The zero-order chi connectivity index (χ0) is 13.0. The zero-order valence-corrected chi connectivity index (χ0v) is 11.1. The highest BCUT2D eigenvalue weighted by Gasteiger charge is 2.08. The van der Waals surface area contributed by atoms with Crippen molar-refractivity contribution in [2.24, 2.45) is 5.73 Å². The van der Waals surface area contributed by atoms with Crippen molar-refractivity contribution in [1.82, 2.24) is 4.98 Å². The molecule has 0 atom stereocenters. The quantitative estimate of drug-likeness (QED) is 0.935. The fourth-order valence-corrected chi connectivity index (χ4v) is 2.06. The molecule has 0 bridgehead atoms. The third kappa shape index (κ3) is 2.93. The van der Waals surface area contributed by atoms with E-state index in [1.807, 2.05) is 12.1 Å². The second-order valence-corrected chi connectivity index (χ2v) is 4.47. The lowest BCUT2D eigenvalue weighted by molar-refractivity contribution is 0.304. The zero-order valence-electron chi connectivity index (χ0n) is 9.57. The van der Waals surface area contributed by atoms with Crippen molar-refractivity contribution < 1.29 is 4.74 Å². The van der Waals surface area contributed by atoms with E-state index < -0.39 is 0 Å². The summed E-state index contributed by atoms with van der Waals surface area (Å²) in [5.74, 6) is 0.479. The van der Waals surface area contributed by atoms with Crippen LogP contribution < -0.4 is 10.5 Å². The molecular weight excluding hydrogens is 271 g/mol. The van der Waals surface area contributed by atoms with Crippen LogP contribution in [0, 0.1) is 0 Å². The molecular formula is C13H12Cl2N2O. The van der Waals surface area contributed by atoms with E-state index in [4.69, 9.17) is 33.7 Å². The molecule has 0 aliphatic rings. The van der Waals surface area contributed by atoms with Crippen molar-refractivity contribution in [2.75, 3.05) is 0 Å². The van der Waals surface area contributed by atoms with Gasteiger partial charge in [-0.1, -0.05) is 35.3 Å². The number of nitrogens with two attached hydrogens (primary N) is 1. The smallest absolute Gasteiger partial charge is 0.156 e. The Morgan fingerprint density at radius 3 is 2.50 bits per heavy atom. The molecule has 0 aliphatic carbocycles. The molecule has 1 heterocycles. The van der Waals surface area contributed by atoms with Crippen LogP contribution in [0.25, 0.3) is 0 Å². The van der Waals surface area contributed by atoms with Crippen LogP contribution in [0.3, 0.4) is 0 Å². The van der Waals surface area contributed by atoms with Gasteiger partial charge in [0.1, 0.15) is 6.61 Å². The molecule has 1 aromatic carbocycles. The average Bonchev–Trinajstić information content (AvgIpc) is 2.38. The Bertz CT molecular complexity index is 526. The summed E-state index contributed by atoms with van der Waals surface area (Å²) >= 11 is 12.0. The predicted octanol–water partition coefficient (Wildman–Crippen LogP) is 3.43. The van der Waals surface area contributed by atoms with Gasteiger partial charge in [0, 0.05) is 18.3 Å². The molecule has 18 heavy (non-hydrogen) atoms. The van der Waals surface area contributed by atoms with E-state index in [9.17, 15) is 0 Å². The van der Waals surface area contributed by atoms with Gasteiger partial charge in [-0.2, -0.15) is 0 Å². The summed E-state index contributed by atoms with van der Waals surface area (Å²) in [4.78, 5) is 4.18. The third-order valence-electron chi connectivity index (χ3n) is 2.47. The van der Waals surface area contributed by atoms with Gasteiger partial charge in [0.2, 0.25) is 0 Å². The number of benzene rings is 1. The van der Waals surface area contributed by atoms with Gasteiger partial charge in [0.15, 0.2) is 5.75 Å². The fraction of sp³-hybridized carbons (Fsp3) is 0.154. The summed E-state index contributed by atoms with van der Waals surface area (Å²) in [6, 6.07) is 8.99. The molecule has 1 aromatic heterocycles. The number of para-hydroxylation sites is 1. The van der Waals surface area contributed by atoms with Gasteiger partial charge in [-0.15, -0.1) is 0 Å². The number of halogens is 2. The highest BCUT2D eigenvalue weighted by atomic mass is 35.5. The van der Waals surface area contributed by atoms with Crippen LogP contribution in [-0.4, -0.2) is 4.98 Å². The second-order valence-electron chi connectivity index (χ2n) is 3.65. The summed E-state index contributed by atoms with van der Waals surface area (Å²) in [7, 11) is 0. The van der Waals surface area contributed by atoms with Crippen molar-refractivity contribution in [3.63, 3.8) is 0 Å². The first-order valence-electron chi connectivity index (χ1n) is 5.42. The minimum absolute atomic E-state index is 0.337. The molecule has 2 N–H and O–H groups in total. The van der Waals surface area contributed by atoms with Crippen molar-refractivity contribution in [3.05, 3.63) is 57.8 Å². The van der Waals surface area contributed by atoms with Gasteiger partial charge in [-0.3, -0.25) is 4.98 Å². The van der Waals surface area contributed by atoms with Crippen LogP contribution in [-0.2, 0) is 13.2 Å². The summed E-state index contributed by atoms with van der Waals surface area (Å²) in [5, 5.41) is 0.973. The molecule has 0 spiro atoms. The standard InChI is InChI=1S/C13H12Cl2N2O/c14-10-4-1-5-11(15)13(10)18-8-9-3-2-6-17-12(9)7-16/h1-6H,7-8,16H2. The number of nitrogens with zero attached hydrogens (tertiary/aromatic N) is 1. The Morgan fingerprint density at radius 2 is 1.83 bits per heavy atom. The number of pyridine rings is 1. The number of hydrogen-bond donors (Lipinski definition) is 1. The Labute approximate surface area is 115 Å². The van der Waals surface area contributed by atoms with E-state index >= 15 is 0 Å². The Hall–Kier alpha value is -1.29. The summed E-state index contributed by atoms with van der Waals surface area (Å²) in [6.07, 6.45) is 1.70. The lowest BCUT2D eigenvalue weighted by Crippen LogP contribution is -2.07. The van der Waals surface area contributed by atoms with E-state index in [-0.39, 0.29) is 0 Å². The van der Waals surface area contributed by atoms with Crippen LogP contribution in [0.2, 0.25) is 10.0 Å². The summed E-state index contributed by atoms with van der Waals surface area (Å²) in [5.41, 5.74) is 7.34. The highest BCUT2D eigenvalue weighted by molar-refractivity contribution is 6.37. The van der Waals surface area contributed by atoms with E-state index in [1.54, 1.807) is 24.4 Å². The first-order valence-corrected chi connectivity index (χ1v) is 6.17. The topological polar surface area (TPSA) is 48.1 Å². The van der Waals surface area contributed by atoms with E-state index in [2.05, 4.69) is 4.98 Å².